The van der Waals surface area contributed by atoms with Gasteiger partial charge in [-0.1, -0.05) is 23.4 Å². The van der Waals surface area contributed by atoms with Gasteiger partial charge in [0, 0.05) is 17.7 Å². The molecule has 26 heavy (non-hydrogen) atoms. The summed E-state index contributed by atoms with van der Waals surface area (Å²) in [5.74, 6) is -1.43. The van der Waals surface area contributed by atoms with E-state index in [2.05, 4.69) is 15.2 Å². The molecule has 0 aliphatic carbocycles. The first-order valence-corrected chi connectivity index (χ1v) is 7.46. The maximum atomic E-state index is 13.7. The average Bonchev–Trinajstić information content (AvgIpc) is 3.06. The van der Waals surface area contributed by atoms with Gasteiger partial charge in [-0.15, -0.1) is 13.2 Å². The lowest BCUT2D eigenvalue weighted by Crippen LogP contribution is -2.28. The Morgan fingerprint density at radius 1 is 1.15 bits per heavy atom. The molecule has 1 aliphatic heterocycles. The molecule has 2 aromatic carbocycles. The number of amides is 1. The topological polar surface area (TPSA) is 59.9 Å². The van der Waals surface area contributed by atoms with Gasteiger partial charge in [0.25, 0.3) is 5.91 Å². The van der Waals surface area contributed by atoms with E-state index in [0.29, 0.717) is 5.71 Å². The smallest absolute Gasteiger partial charge is 0.406 e. The van der Waals surface area contributed by atoms with Gasteiger partial charge in [-0.05, 0) is 30.3 Å². The van der Waals surface area contributed by atoms with Crippen LogP contribution in [0.25, 0.3) is 0 Å². The molecule has 1 N–H and O–H groups in total. The molecular weight excluding hydrogens is 356 g/mol. The zero-order chi connectivity index (χ0) is 18.7. The molecule has 0 spiro atoms. The first-order chi connectivity index (χ1) is 12.3. The Labute approximate surface area is 145 Å². The number of rotatable bonds is 4. The molecule has 0 aromatic heterocycles. The Bertz CT molecular complexity index is 835. The minimum atomic E-state index is -4.79. The van der Waals surface area contributed by atoms with E-state index in [1.54, 1.807) is 6.07 Å². The van der Waals surface area contributed by atoms with E-state index in [-0.39, 0.29) is 17.7 Å². The summed E-state index contributed by atoms with van der Waals surface area (Å²) in [4.78, 5) is 17.2. The first-order valence-electron chi connectivity index (χ1n) is 7.46. The molecule has 1 aliphatic rings. The van der Waals surface area contributed by atoms with Crippen molar-refractivity contribution >= 4 is 17.3 Å². The van der Waals surface area contributed by atoms with E-state index in [0.717, 1.165) is 12.1 Å². The Kier molecular flexibility index (Phi) is 4.79. The highest BCUT2D eigenvalue weighted by molar-refractivity contribution is 6.06. The predicted octanol–water partition coefficient (Wildman–Crippen LogP) is 3.86. The molecule has 136 valence electrons. The largest absolute Gasteiger partial charge is 0.573 e. The molecule has 0 saturated heterocycles. The number of ether oxygens (including phenoxy) is 1. The van der Waals surface area contributed by atoms with Gasteiger partial charge in [0.05, 0.1) is 5.71 Å². The number of hydrogen-bond donors (Lipinski definition) is 1. The fraction of sp³-hybridized carbons (Fsp3) is 0.176. The molecule has 0 unspecified atom stereocenters. The van der Waals surface area contributed by atoms with Crippen LogP contribution in [-0.4, -0.2) is 24.1 Å². The molecule has 0 bridgehead atoms. The molecule has 2 aromatic rings. The first kappa shape index (κ1) is 17.7. The third-order valence-electron chi connectivity index (χ3n) is 3.50. The van der Waals surface area contributed by atoms with Gasteiger partial charge >= 0.3 is 6.36 Å². The van der Waals surface area contributed by atoms with Crippen LogP contribution in [0.15, 0.2) is 53.7 Å². The van der Waals surface area contributed by atoms with E-state index in [9.17, 15) is 22.4 Å². The molecule has 9 heteroatoms. The van der Waals surface area contributed by atoms with Crippen molar-refractivity contribution in [3.8, 4) is 5.75 Å². The minimum absolute atomic E-state index is 0.0715. The highest BCUT2D eigenvalue weighted by Gasteiger charge is 2.31. The molecule has 0 fully saturated rings. The maximum absolute atomic E-state index is 13.7. The number of carbonyl (C=O) groups is 1. The van der Waals surface area contributed by atoms with E-state index in [1.165, 1.54) is 30.3 Å². The van der Waals surface area contributed by atoms with Crippen LogP contribution in [-0.2, 0) is 9.63 Å². The third-order valence-corrected chi connectivity index (χ3v) is 3.50. The number of benzene rings is 2. The quantitative estimate of drug-likeness (QED) is 0.834. The molecule has 1 heterocycles. The standard InChI is InChI=1S/C17H12F4N2O3/c18-13-4-2-1-3-12(13)14-9-15(26-23-14)16(24)22-10-5-7-11(8-6-10)25-17(19,20)21/h1-8,15H,9H2,(H,22,24)/t15-/m1/s1. The second kappa shape index (κ2) is 7.03. The van der Waals surface area contributed by atoms with Gasteiger partial charge in [-0.25, -0.2) is 4.39 Å². The summed E-state index contributed by atoms with van der Waals surface area (Å²) < 4.78 is 53.8. The summed E-state index contributed by atoms with van der Waals surface area (Å²) in [7, 11) is 0. The van der Waals surface area contributed by atoms with Crippen molar-refractivity contribution in [3.63, 3.8) is 0 Å². The molecule has 3 rings (SSSR count). The van der Waals surface area contributed by atoms with Gasteiger partial charge in [-0.3, -0.25) is 4.79 Å². The van der Waals surface area contributed by atoms with Crippen molar-refractivity contribution in [1.29, 1.82) is 0 Å². The summed E-state index contributed by atoms with van der Waals surface area (Å²) in [5.41, 5.74) is 0.807. The molecule has 1 amide bonds. The number of hydrogen-bond acceptors (Lipinski definition) is 4. The molecule has 5 nitrogen and oxygen atoms in total. The molecule has 1 atom stereocenters. The van der Waals surface area contributed by atoms with E-state index >= 15 is 0 Å². The zero-order valence-electron chi connectivity index (χ0n) is 13.1. The Hall–Kier alpha value is -3.10. The molecular formula is C17H12F4N2O3. The van der Waals surface area contributed by atoms with E-state index in [1.807, 2.05) is 0 Å². The summed E-state index contributed by atoms with van der Waals surface area (Å²) in [5, 5.41) is 6.23. The van der Waals surface area contributed by atoms with Gasteiger partial charge < -0.3 is 14.9 Å². The van der Waals surface area contributed by atoms with Crippen LogP contribution in [0.2, 0.25) is 0 Å². The van der Waals surface area contributed by atoms with Crippen LogP contribution in [0.1, 0.15) is 12.0 Å². The van der Waals surface area contributed by atoms with Crippen LogP contribution in [0, 0.1) is 5.82 Å². The lowest BCUT2D eigenvalue weighted by molar-refractivity contribution is -0.274. The number of alkyl halides is 3. The summed E-state index contributed by atoms with van der Waals surface area (Å²) in [6, 6.07) is 10.6. The number of anilines is 1. The number of nitrogens with one attached hydrogen (secondary N) is 1. The number of oxime groups is 1. The Morgan fingerprint density at radius 2 is 1.85 bits per heavy atom. The van der Waals surface area contributed by atoms with Gasteiger partial charge in [0.2, 0.25) is 6.10 Å². The normalized spacial score (nSPS) is 16.6. The lowest BCUT2D eigenvalue weighted by Gasteiger charge is -2.11. The number of carbonyl (C=O) groups excluding carboxylic acids is 1. The molecule has 0 radical (unpaired) electrons. The van der Waals surface area contributed by atoms with Crippen LogP contribution in [0.3, 0.4) is 0 Å². The van der Waals surface area contributed by atoms with Gasteiger partial charge in [0.15, 0.2) is 0 Å². The minimum Gasteiger partial charge on any atom is -0.406 e. The second-order valence-corrected chi connectivity index (χ2v) is 5.38. The van der Waals surface area contributed by atoms with Crippen LogP contribution in [0.5, 0.6) is 5.75 Å². The van der Waals surface area contributed by atoms with Crippen molar-refractivity contribution in [2.45, 2.75) is 18.9 Å². The number of nitrogens with zero attached hydrogens (tertiary/aromatic N) is 1. The fourth-order valence-electron chi connectivity index (χ4n) is 2.34. The summed E-state index contributed by atoms with van der Waals surface area (Å²) in [6.45, 7) is 0. The second-order valence-electron chi connectivity index (χ2n) is 5.38. The maximum Gasteiger partial charge on any atom is 0.573 e. The number of halogens is 4. The summed E-state index contributed by atoms with van der Waals surface area (Å²) in [6.07, 6.45) is -5.68. The van der Waals surface area contributed by atoms with E-state index < -0.39 is 29.9 Å². The van der Waals surface area contributed by atoms with Crippen LogP contribution < -0.4 is 10.1 Å². The van der Waals surface area contributed by atoms with Crippen LogP contribution in [0.4, 0.5) is 23.2 Å². The van der Waals surface area contributed by atoms with Crippen molar-refractivity contribution < 1.29 is 31.9 Å². The van der Waals surface area contributed by atoms with Crippen molar-refractivity contribution in [3.05, 3.63) is 59.9 Å². The SMILES string of the molecule is O=C(Nc1ccc(OC(F)(F)F)cc1)[C@H]1CC(c2ccccc2F)=NO1. The van der Waals surface area contributed by atoms with Crippen molar-refractivity contribution in [2.24, 2.45) is 5.16 Å². The lowest BCUT2D eigenvalue weighted by atomic mass is 10.0. The Balaban J connectivity index is 1.59. The zero-order valence-corrected chi connectivity index (χ0v) is 13.1. The third kappa shape index (κ3) is 4.29. The van der Waals surface area contributed by atoms with Gasteiger partial charge in [-0.2, -0.15) is 0 Å². The fourth-order valence-corrected chi connectivity index (χ4v) is 2.34. The average molecular weight is 368 g/mol. The van der Waals surface area contributed by atoms with Gasteiger partial charge in [0.1, 0.15) is 11.6 Å². The summed E-state index contributed by atoms with van der Waals surface area (Å²) >= 11 is 0. The van der Waals surface area contributed by atoms with E-state index in [4.69, 9.17) is 4.84 Å². The highest BCUT2D eigenvalue weighted by Crippen LogP contribution is 2.25. The molecule has 0 saturated carbocycles. The van der Waals surface area contributed by atoms with Crippen molar-refractivity contribution in [2.75, 3.05) is 5.32 Å². The predicted molar refractivity (Wildman–Crippen MR) is 84.2 cm³/mol. The Morgan fingerprint density at radius 3 is 2.50 bits per heavy atom. The van der Waals surface area contributed by atoms with Crippen molar-refractivity contribution in [1.82, 2.24) is 0 Å². The monoisotopic (exact) mass is 368 g/mol. The highest BCUT2D eigenvalue weighted by atomic mass is 19.4. The van der Waals surface area contributed by atoms with Crippen LogP contribution >= 0.6 is 0 Å².